The third-order valence-corrected chi connectivity index (χ3v) is 3.14. The molecular formula is C12H12N4O2S. The molecule has 7 heteroatoms. The molecule has 0 fully saturated rings. The number of hydrogen-bond donors (Lipinski definition) is 2. The van der Waals surface area contributed by atoms with E-state index >= 15 is 0 Å². The van der Waals surface area contributed by atoms with E-state index < -0.39 is 0 Å². The molecule has 0 spiro atoms. The first kappa shape index (κ1) is 13.2. The average Bonchev–Trinajstić information content (AvgIpc) is 2.86. The van der Waals surface area contributed by atoms with Crippen molar-refractivity contribution in [1.82, 2.24) is 9.97 Å². The molecule has 0 saturated heterocycles. The van der Waals surface area contributed by atoms with Crippen molar-refractivity contribution in [3.8, 4) is 0 Å². The number of rotatable bonds is 3. The molecule has 0 aliphatic carbocycles. The van der Waals surface area contributed by atoms with E-state index in [-0.39, 0.29) is 5.91 Å². The predicted molar refractivity (Wildman–Crippen MR) is 73.0 cm³/mol. The van der Waals surface area contributed by atoms with Crippen LogP contribution in [-0.4, -0.2) is 26.8 Å². The zero-order chi connectivity index (χ0) is 13.8. The number of thiazole rings is 1. The van der Waals surface area contributed by atoms with Gasteiger partial charge in [0, 0.05) is 17.8 Å². The van der Waals surface area contributed by atoms with Crippen LogP contribution in [0.15, 0.2) is 29.0 Å². The lowest BCUT2D eigenvalue weighted by Gasteiger charge is -2.01. The summed E-state index contributed by atoms with van der Waals surface area (Å²) in [4.78, 5) is 20.1. The summed E-state index contributed by atoms with van der Waals surface area (Å²) in [7, 11) is 0. The van der Waals surface area contributed by atoms with Crippen LogP contribution in [0.4, 0.5) is 5.13 Å². The number of hydrogen-bond acceptors (Lipinski definition) is 6. The van der Waals surface area contributed by atoms with E-state index in [0.717, 1.165) is 5.56 Å². The number of anilines is 1. The van der Waals surface area contributed by atoms with Crippen LogP contribution < -0.4 is 5.32 Å². The van der Waals surface area contributed by atoms with Gasteiger partial charge in [-0.05, 0) is 25.5 Å². The van der Waals surface area contributed by atoms with Gasteiger partial charge in [-0.25, -0.2) is 4.98 Å². The molecular weight excluding hydrogens is 264 g/mol. The summed E-state index contributed by atoms with van der Waals surface area (Å²) < 4.78 is 0. The van der Waals surface area contributed by atoms with E-state index in [9.17, 15) is 4.79 Å². The van der Waals surface area contributed by atoms with Crippen LogP contribution in [0.3, 0.4) is 0 Å². The van der Waals surface area contributed by atoms with E-state index in [0.29, 0.717) is 22.1 Å². The summed E-state index contributed by atoms with van der Waals surface area (Å²) in [6.45, 7) is 3.50. The average molecular weight is 276 g/mol. The molecule has 0 radical (unpaired) electrons. The molecule has 2 aromatic rings. The van der Waals surface area contributed by atoms with Crippen LogP contribution >= 0.6 is 11.3 Å². The summed E-state index contributed by atoms with van der Waals surface area (Å²) >= 11 is 1.27. The third-order valence-electron chi connectivity index (χ3n) is 2.38. The fourth-order valence-corrected chi connectivity index (χ4v) is 2.15. The number of carbonyl (C=O) groups is 1. The lowest BCUT2D eigenvalue weighted by molar-refractivity contribution is 0.102. The molecule has 2 N–H and O–H groups in total. The topological polar surface area (TPSA) is 87.5 Å². The van der Waals surface area contributed by atoms with Gasteiger partial charge in [0.1, 0.15) is 11.4 Å². The molecule has 0 aromatic carbocycles. The van der Waals surface area contributed by atoms with Crippen LogP contribution in [0.5, 0.6) is 0 Å². The second-order valence-electron chi connectivity index (χ2n) is 3.93. The first-order valence-electron chi connectivity index (χ1n) is 5.47. The zero-order valence-electron chi connectivity index (χ0n) is 10.4. The number of carbonyl (C=O) groups excluding carboxylic acids is 1. The fourth-order valence-electron chi connectivity index (χ4n) is 1.40. The maximum Gasteiger partial charge on any atom is 0.259 e. The van der Waals surface area contributed by atoms with Crippen molar-refractivity contribution in [3.63, 3.8) is 0 Å². The Balaban J connectivity index is 2.13. The summed E-state index contributed by atoms with van der Waals surface area (Å²) in [6, 6.07) is 1.75. The molecule has 0 atom stereocenters. The highest BCUT2D eigenvalue weighted by Crippen LogP contribution is 2.17. The predicted octanol–water partition coefficient (Wildman–Crippen LogP) is 2.30. The third kappa shape index (κ3) is 3.14. The van der Waals surface area contributed by atoms with E-state index in [1.54, 1.807) is 24.6 Å². The van der Waals surface area contributed by atoms with Crippen LogP contribution in [0, 0.1) is 6.92 Å². The maximum atomic E-state index is 12.0. The standard InChI is InChI=1S/C12H12N4O2S/c1-7-3-9(5-13-4-7)11(17)15-12-14-10(6-19-12)8(2)16-18/h3-6,18H,1-2H3,(H,14,15,17). The van der Waals surface area contributed by atoms with Gasteiger partial charge in [-0.2, -0.15) is 0 Å². The first-order valence-corrected chi connectivity index (χ1v) is 6.35. The minimum absolute atomic E-state index is 0.268. The minimum atomic E-state index is -0.268. The van der Waals surface area contributed by atoms with E-state index in [4.69, 9.17) is 5.21 Å². The first-order chi connectivity index (χ1) is 9.10. The quantitative estimate of drug-likeness (QED) is 0.511. The molecule has 2 heterocycles. The lowest BCUT2D eigenvalue weighted by Crippen LogP contribution is -2.12. The van der Waals surface area contributed by atoms with Gasteiger partial charge in [0.2, 0.25) is 0 Å². The number of amides is 1. The fraction of sp³-hybridized carbons (Fsp3) is 0.167. The monoisotopic (exact) mass is 276 g/mol. The van der Waals surface area contributed by atoms with Crippen LogP contribution in [0.2, 0.25) is 0 Å². The second kappa shape index (κ2) is 5.57. The highest BCUT2D eigenvalue weighted by atomic mass is 32.1. The Morgan fingerprint density at radius 2 is 2.26 bits per heavy atom. The number of nitrogens with zero attached hydrogens (tertiary/aromatic N) is 3. The lowest BCUT2D eigenvalue weighted by atomic mass is 10.2. The van der Waals surface area contributed by atoms with Gasteiger partial charge in [0.15, 0.2) is 5.13 Å². The molecule has 0 aliphatic heterocycles. The molecule has 0 saturated carbocycles. The normalized spacial score (nSPS) is 11.4. The Labute approximate surface area is 113 Å². The Bertz CT molecular complexity index is 636. The van der Waals surface area contributed by atoms with Crippen molar-refractivity contribution in [3.05, 3.63) is 40.7 Å². The molecule has 0 bridgehead atoms. The van der Waals surface area contributed by atoms with Crippen molar-refractivity contribution >= 4 is 28.1 Å². The highest BCUT2D eigenvalue weighted by Gasteiger charge is 2.10. The van der Waals surface area contributed by atoms with Gasteiger partial charge in [-0.15, -0.1) is 11.3 Å². The van der Waals surface area contributed by atoms with Crippen molar-refractivity contribution in [1.29, 1.82) is 0 Å². The molecule has 2 rings (SSSR count). The Hall–Kier alpha value is -2.28. The molecule has 19 heavy (non-hydrogen) atoms. The number of aryl methyl sites for hydroxylation is 1. The van der Waals surface area contributed by atoms with Crippen molar-refractivity contribution in [2.24, 2.45) is 5.16 Å². The second-order valence-corrected chi connectivity index (χ2v) is 4.79. The highest BCUT2D eigenvalue weighted by molar-refractivity contribution is 7.14. The number of pyridine rings is 1. The van der Waals surface area contributed by atoms with Gasteiger partial charge in [-0.3, -0.25) is 15.1 Å². The van der Waals surface area contributed by atoms with Gasteiger partial charge in [0.05, 0.1) is 5.56 Å². The van der Waals surface area contributed by atoms with E-state index in [1.165, 1.54) is 17.5 Å². The zero-order valence-corrected chi connectivity index (χ0v) is 11.2. The molecule has 0 aliphatic rings. The summed E-state index contributed by atoms with van der Waals surface area (Å²) in [5.74, 6) is -0.268. The maximum absolute atomic E-state index is 12.0. The van der Waals surface area contributed by atoms with Crippen LogP contribution in [-0.2, 0) is 0 Å². The van der Waals surface area contributed by atoms with Crippen LogP contribution in [0.25, 0.3) is 0 Å². The molecule has 2 aromatic heterocycles. The Morgan fingerprint density at radius 3 is 2.95 bits per heavy atom. The van der Waals surface area contributed by atoms with Crippen molar-refractivity contribution in [2.75, 3.05) is 5.32 Å². The van der Waals surface area contributed by atoms with Gasteiger partial charge in [-0.1, -0.05) is 5.16 Å². The molecule has 1 amide bonds. The van der Waals surface area contributed by atoms with E-state index in [2.05, 4.69) is 20.4 Å². The van der Waals surface area contributed by atoms with Crippen molar-refractivity contribution in [2.45, 2.75) is 13.8 Å². The van der Waals surface area contributed by atoms with Gasteiger partial charge in [0.25, 0.3) is 5.91 Å². The SMILES string of the molecule is CC(=NO)c1csc(NC(=O)c2cncc(C)c2)n1. The Kier molecular flexibility index (Phi) is 3.86. The van der Waals surface area contributed by atoms with Crippen LogP contribution in [0.1, 0.15) is 28.5 Å². The smallest absolute Gasteiger partial charge is 0.259 e. The number of oxime groups is 1. The number of aromatic nitrogens is 2. The largest absolute Gasteiger partial charge is 0.411 e. The van der Waals surface area contributed by atoms with Gasteiger partial charge >= 0.3 is 0 Å². The number of nitrogens with one attached hydrogen (secondary N) is 1. The van der Waals surface area contributed by atoms with Crippen molar-refractivity contribution < 1.29 is 10.0 Å². The molecule has 6 nitrogen and oxygen atoms in total. The van der Waals surface area contributed by atoms with E-state index in [1.807, 2.05) is 6.92 Å². The summed E-state index contributed by atoms with van der Waals surface area (Å²) in [5, 5.41) is 16.5. The Morgan fingerprint density at radius 1 is 1.47 bits per heavy atom. The summed E-state index contributed by atoms with van der Waals surface area (Å²) in [5.41, 5.74) is 2.32. The van der Waals surface area contributed by atoms with Gasteiger partial charge < -0.3 is 5.21 Å². The molecule has 0 unspecified atom stereocenters. The molecule has 98 valence electrons. The summed E-state index contributed by atoms with van der Waals surface area (Å²) in [6.07, 6.45) is 3.18. The minimum Gasteiger partial charge on any atom is -0.411 e.